The maximum Gasteiger partial charge on any atom is 0.135 e. The van der Waals surface area contributed by atoms with E-state index in [1.54, 1.807) is 6.08 Å². The summed E-state index contributed by atoms with van der Waals surface area (Å²) in [6.45, 7) is 10.1. The molecule has 0 spiro atoms. The number of hydrazine groups is 1. The van der Waals surface area contributed by atoms with Gasteiger partial charge in [0.2, 0.25) is 0 Å². The first-order valence-electron chi connectivity index (χ1n) is 4.47. The van der Waals surface area contributed by atoms with Gasteiger partial charge >= 0.3 is 0 Å². The molecule has 3 heteroatoms. The van der Waals surface area contributed by atoms with E-state index in [0.29, 0.717) is 0 Å². The maximum absolute atomic E-state index is 4.57. The Kier molecular flexibility index (Phi) is 1.46. The molecular formula is C10H15N3. The minimum Gasteiger partial charge on any atom is -0.305 e. The molecule has 1 aliphatic heterocycles. The van der Waals surface area contributed by atoms with Crippen molar-refractivity contribution in [1.29, 1.82) is 0 Å². The summed E-state index contributed by atoms with van der Waals surface area (Å²) in [5, 5.41) is 0. The zero-order valence-corrected chi connectivity index (χ0v) is 8.31. The molecule has 0 aromatic carbocycles. The van der Waals surface area contributed by atoms with Crippen LogP contribution in [0.4, 0.5) is 0 Å². The molecule has 2 rings (SSSR count). The summed E-state index contributed by atoms with van der Waals surface area (Å²) in [5.41, 5.74) is 7.47. The summed E-state index contributed by atoms with van der Waals surface area (Å²) in [6, 6.07) is 0. The minimum atomic E-state index is -0.119. The van der Waals surface area contributed by atoms with E-state index in [0.717, 1.165) is 5.84 Å². The summed E-state index contributed by atoms with van der Waals surface area (Å²) in [6.07, 6.45) is 3.91. The summed E-state index contributed by atoms with van der Waals surface area (Å²) < 4.78 is 0. The molecule has 0 radical (unpaired) electrons. The Morgan fingerprint density at radius 3 is 2.69 bits per heavy atom. The molecule has 70 valence electrons. The average molecular weight is 177 g/mol. The predicted molar refractivity (Wildman–Crippen MR) is 54.5 cm³/mol. The lowest BCUT2D eigenvalue weighted by Gasteiger charge is -2.54. The number of hydrogen-bond donors (Lipinski definition) is 2. The highest BCUT2D eigenvalue weighted by Gasteiger charge is 2.53. The second-order valence-electron chi connectivity index (χ2n) is 4.05. The van der Waals surface area contributed by atoms with Gasteiger partial charge in [-0.2, -0.15) is 0 Å². The summed E-state index contributed by atoms with van der Waals surface area (Å²) in [4.78, 5) is 4.57. The number of nitrogens with zero attached hydrogens (tertiary/aromatic N) is 1. The second kappa shape index (κ2) is 2.23. The zero-order chi connectivity index (χ0) is 9.69. The summed E-state index contributed by atoms with van der Waals surface area (Å²) in [7, 11) is 0. The van der Waals surface area contributed by atoms with Crippen LogP contribution in [0.5, 0.6) is 0 Å². The highest BCUT2D eigenvalue weighted by atomic mass is 15.5. The fourth-order valence-corrected chi connectivity index (χ4v) is 1.96. The van der Waals surface area contributed by atoms with Crippen molar-refractivity contribution in [2.75, 3.05) is 0 Å². The van der Waals surface area contributed by atoms with Crippen molar-refractivity contribution in [2.24, 2.45) is 4.99 Å². The van der Waals surface area contributed by atoms with E-state index in [9.17, 15) is 0 Å². The predicted octanol–water partition coefficient (Wildman–Crippen LogP) is 1.16. The van der Waals surface area contributed by atoms with Gasteiger partial charge in [0.15, 0.2) is 0 Å². The van der Waals surface area contributed by atoms with Crippen molar-refractivity contribution >= 4 is 5.84 Å². The van der Waals surface area contributed by atoms with Gasteiger partial charge in [-0.15, -0.1) is 0 Å². The highest BCUT2D eigenvalue weighted by molar-refractivity contribution is 5.93. The first-order chi connectivity index (χ1) is 6.02. The fraction of sp³-hybridized carbons (Fsp3) is 0.500. The van der Waals surface area contributed by atoms with Gasteiger partial charge in [0.1, 0.15) is 11.4 Å². The van der Waals surface area contributed by atoms with Crippen molar-refractivity contribution in [1.82, 2.24) is 10.9 Å². The third kappa shape index (κ3) is 0.851. The van der Waals surface area contributed by atoms with Gasteiger partial charge < -0.3 is 5.43 Å². The van der Waals surface area contributed by atoms with Crippen LogP contribution in [0.25, 0.3) is 0 Å². The van der Waals surface area contributed by atoms with Crippen LogP contribution in [0.3, 0.4) is 0 Å². The highest BCUT2D eigenvalue weighted by Crippen LogP contribution is 2.44. The van der Waals surface area contributed by atoms with Gasteiger partial charge in [-0.1, -0.05) is 18.2 Å². The van der Waals surface area contributed by atoms with Gasteiger partial charge in [-0.25, -0.2) is 5.43 Å². The zero-order valence-electron chi connectivity index (χ0n) is 8.31. The molecule has 3 nitrogen and oxygen atoms in total. The van der Waals surface area contributed by atoms with E-state index in [4.69, 9.17) is 0 Å². The van der Waals surface area contributed by atoms with Gasteiger partial charge in [-0.3, -0.25) is 4.99 Å². The second-order valence-corrected chi connectivity index (χ2v) is 4.05. The Morgan fingerprint density at radius 1 is 1.54 bits per heavy atom. The molecule has 1 aliphatic carbocycles. The van der Waals surface area contributed by atoms with Crippen molar-refractivity contribution in [3.8, 4) is 0 Å². The molecule has 0 aromatic rings. The van der Waals surface area contributed by atoms with Crippen molar-refractivity contribution < 1.29 is 0 Å². The summed E-state index contributed by atoms with van der Waals surface area (Å²) >= 11 is 0. The van der Waals surface area contributed by atoms with Crippen LogP contribution < -0.4 is 10.9 Å². The maximum atomic E-state index is 4.57. The average Bonchev–Trinajstić information content (AvgIpc) is 2.10. The third-order valence-corrected chi connectivity index (χ3v) is 3.29. The first-order valence-corrected chi connectivity index (χ1v) is 4.47. The number of rotatable bonds is 1. The van der Waals surface area contributed by atoms with Crippen molar-refractivity contribution in [3.63, 3.8) is 0 Å². The number of fused-ring (bicyclic) bond motifs is 1. The quantitative estimate of drug-likeness (QED) is 0.590. The molecule has 0 aromatic heterocycles. The van der Waals surface area contributed by atoms with E-state index in [-0.39, 0.29) is 11.1 Å². The fourth-order valence-electron chi connectivity index (χ4n) is 1.96. The Balaban J connectivity index is 2.43. The lowest BCUT2D eigenvalue weighted by atomic mass is 9.64. The van der Waals surface area contributed by atoms with Crippen LogP contribution in [0.15, 0.2) is 29.3 Å². The molecule has 2 N–H and O–H groups in total. The van der Waals surface area contributed by atoms with Gasteiger partial charge in [0, 0.05) is 0 Å². The van der Waals surface area contributed by atoms with Crippen LogP contribution in [-0.2, 0) is 0 Å². The van der Waals surface area contributed by atoms with E-state index in [1.165, 1.54) is 5.57 Å². The van der Waals surface area contributed by atoms with E-state index in [2.05, 4.69) is 49.3 Å². The van der Waals surface area contributed by atoms with Crippen LogP contribution in [0.2, 0.25) is 0 Å². The summed E-state index contributed by atoms with van der Waals surface area (Å²) in [5.74, 6) is 0.809. The molecule has 1 heterocycles. The lowest BCUT2D eigenvalue weighted by Crippen LogP contribution is -2.71. The van der Waals surface area contributed by atoms with E-state index >= 15 is 0 Å². The number of aliphatic imine (C=N–C) groups is 1. The minimum absolute atomic E-state index is 0.0422. The Bertz CT molecular complexity index is 329. The Morgan fingerprint density at radius 2 is 2.23 bits per heavy atom. The largest absolute Gasteiger partial charge is 0.305 e. The smallest absolute Gasteiger partial charge is 0.135 e. The molecule has 0 saturated carbocycles. The van der Waals surface area contributed by atoms with E-state index < -0.39 is 0 Å². The van der Waals surface area contributed by atoms with Gasteiger partial charge in [-0.05, 0) is 26.8 Å². The third-order valence-electron chi connectivity index (χ3n) is 3.29. The molecule has 2 aliphatic rings. The van der Waals surface area contributed by atoms with Crippen LogP contribution in [0.1, 0.15) is 20.8 Å². The topological polar surface area (TPSA) is 36.4 Å². The van der Waals surface area contributed by atoms with Gasteiger partial charge in [0.25, 0.3) is 0 Å². The number of hydrogen-bond acceptors (Lipinski definition) is 3. The normalized spacial score (nSPS) is 42.1. The molecule has 0 amide bonds. The van der Waals surface area contributed by atoms with E-state index in [1.807, 2.05) is 0 Å². The Hall–Kier alpha value is -1.09. The monoisotopic (exact) mass is 177 g/mol. The van der Waals surface area contributed by atoms with Crippen molar-refractivity contribution in [3.05, 3.63) is 24.3 Å². The molecular weight excluding hydrogens is 162 g/mol. The number of nitrogens with one attached hydrogen (secondary N) is 2. The SMILES string of the molecule is C=CC1=NC2(C)C=C(C)C2(C)NN1. The van der Waals surface area contributed by atoms with Gasteiger partial charge in [0.05, 0.1) is 5.54 Å². The molecule has 0 fully saturated rings. The molecule has 2 unspecified atom stereocenters. The van der Waals surface area contributed by atoms with Crippen LogP contribution >= 0.6 is 0 Å². The molecule has 0 saturated heterocycles. The number of amidine groups is 1. The molecule has 13 heavy (non-hydrogen) atoms. The van der Waals surface area contributed by atoms with Crippen molar-refractivity contribution in [2.45, 2.75) is 31.8 Å². The molecule has 0 bridgehead atoms. The Labute approximate surface area is 78.6 Å². The standard InChI is InChI=1S/C10H15N3/c1-5-8-11-9(3)6-7(2)10(9,4)13-12-8/h5-6,13H,1H2,2-4H3,(H,11,12). The molecule has 2 atom stereocenters. The van der Waals surface area contributed by atoms with Crippen LogP contribution in [-0.4, -0.2) is 16.9 Å². The first kappa shape index (κ1) is 8.51. The van der Waals surface area contributed by atoms with Crippen LogP contribution in [0, 0.1) is 0 Å². The lowest BCUT2D eigenvalue weighted by molar-refractivity contribution is 0.222.